The van der Waals surface area contributed by atoms with Crippen molar-refractivity contribution >= 4 is 63.5 Å². The topological polar surface area (TPSA) is 87.0 Å². The minimum absolute atomic E-state index is 0. The van der Waals surface area contributed by atoms with Crippen molar-refractivity contribution in [2.24, 2.45) is 0 Å². The van der Waals surface area contributed by atoms with Gasteiger partial charge in [-0.05, 0) is 13.3 Å². The van der Waals surface area contributed by atoms with Crippen LogP contribution in [-0.2, 0) is 9.53 Å². The van der Waals surface area contributed by atoms with Gasteiger partial charge in [-0.2, -0.15) is 0 Å². The van der Waals surface area contributed by atoms with Gasteiger partial charge in [0, 0.05) is 6.42 Å². The maximum absolute atomic E-state index is 10.7. The molecule has 90 valence electrons. The van der Waals surface area contributed by atoms with Crippen LogP contribution in [0.15, 0.2) is 0 Å². The second-order valence-corrected chi connectivity index (χ2v) is 3.07. The summed E-state index contributed by atoms with van der Waals surface area (Å²) in [6.45, 7) is 4.45. The molecule has 0 saturated heterocycles. The van der Waals surface area contributed by atoms with Gasteiger partial charge in [-0.1, -0.05) is 19.8 Å². The molecule has 0 atom stereocenters. The first-order valence-electron chi connectivity index (χ1n) is 4.56. The molecule has 0 bridgehead atoms. The molecule has 0 heterocycles. The van der Waals surface area contributed by atoms with Crippen LogP contribution in [0.3, 0.4) is 0 Å². The molecule has 0 amide bonds. The summed E-state index contributed by atoms with van der Waals surface area (Å²) in [6.07, 6.45) is 3.83. The molecule has 7 heteroatoms. The molecule has 15 heavy (non-hydrogen) atoms. The molecule has 0 aliphatic rings. The molecule has 3 N–H and O–H groups in total. The fraction of sp³-hybridized carbons (Fsp3) is 0.875. The van der Waals surface area contributed by atoms with Crippen LogP contribution in [0.25, 0.3) is 0 Å². The molecule has 0 aliphatic heterocycles. The predicted octanol–water partition coefficient (Wildman–Crippen LogP) is 1.16. The van der Waals surface area contributed by atoms with E-state index in [1.54, 1.807) is 0 Å². The number of carbonyl (C=O) groups excluding carboxylic acids is 1. The van der Waals surface area contributed by atoms with E-state index in [-0.39, 0.29) is 57.7 Å². The van der Waals surface area contributed by atoms with Crippen LogP contribution in [0.2, 0.25) is 0 Å². The van der Waals surface area contributed by atoms with Gasteiger partial charge in [0.25, 0.3) is 0 Å². The van der Waals surface area contributed by atoms with Gasteiger partial charge >= 0.3 is 63.5 Å². The average Bonchev–Trinajstić information content (AvgIpc) is 2.04. The van der Waals surface area contributed by atoms with Crippen LogP contribution in [0.5, 0.6) is 0 Å². The third-order valence-corrected chi connectivity index (χ3v) is 1.29. The number of hydrogen-bond donors (Lipinski definition) is 3. The standard InChI is InChI=1S/C8H16O2.Ba.H3O3P.2H/c1-3-5-6-7-8(9)10-4-2;;1-4(2)3;;/h3-7H2,1-2H3;;1-3H;;/q;+2;;2*-1. The average molecular weight is 366 g/mol. The van der Waals surface area contributed by atoms with Crippen LogP contribution < -0.4 is 0 Å². The van der Waals surface area contributed by atoms with Crippen LogP contribution >= 0.6 is 8.60 Å². The SMILES string of the molecule is CCCCCC(=O)OCC.OP(O)O.[Ba+2].[H-].[H-]. The molecular formula is C8H21BaO5P. The Hall–Kier alpha value is 1.35. The van der Waals surface area contributed by atoms with Crippen molar-refractivity contribution in [2.75, 3.05) is 6.61 Å². The minimum Gasteiger partial charge on any atom is -1.00 e. The normalized spacial score (nSPS) is 8.67. The zero-order chi connectivity index (χ0) is 11.4. The second-order valence-electron chi connectivity index (χ2n) is 2.53. The first kappa shape index (κ1) is 21.6. The Kier molecular flexibility index (Phi) is 25.6. The zero-order valence-electron chi connectivity index (χ0n) is 11.3. The van der Waals surface area contributed by atoms with E-state index in [9.17, 15) is 4.79 Å². The summed E-state index contributed by atoms with van der Waals surface area (Å²) in [5.74, 6) is -0.0593. The predicted molar refractivity (Wildman–Crippen MR) is 62.3 cm³/mol. The fourth-order valence-electron chi connectivity index (χ4n) is 0.752. The molecule has 0 fully saturated rings. The maximum atomic E-state index is 10.7. The molecule has 0 aromatic heterocycles. The van der Waals surface area contributed by atoms with Gasteiger partial charge in [-0.3, -0.25) is 4.79 Å². The van der Waals surface area contributed by atoms with Crippen molar-refractivity contribution in [1.82, 2.24) is 0 Å². The molecule has 0 rings (SSSR count). The number of esters is 1. The van der Waals surface area contributed by atoms with Gasteiger partial charge in [0.2, 0.25) is 0 Å². The van der Waals surface area contributed by atoms with Crippen LogP contribution in [-0.4, -0.2) is 76.1 Å². The molecule has 0 radical (unpaired) electrons. The number of unbranched alkanes of at least 4 members (excludes halogenated alkanes) is 2. The van der Waals surface area contributed by atoms with E-state index < -0.39 is 8.60 Å². The zero-order valence-corrected chi connectivity index (χ0v) is 14.7. The Balaban J connectivity index is -0.0000000607. The maximum Gasteiger partial charge on any atom is 2.00 e. The van der Waals surface area contributed by atoms with E-state index in [2.05, 4.69) is 6.92 Å². The molecule has 0 saturated carbocycles. The minimum atomic E-state index is -2.62. The second kappa shape index (κ2) is 17.7. The van der Waals surface area contributed by atoms with Crippen molar-refractivity contribution in [3.63, 3.8) is 0 Å². The monoisotopic (exact) mass is 366 g/mol. The molecular weight excluding hydrogens is 344 g/mol. The summed E-state index contributed by atoms with van der Waals surface area (Å²) in [5, 5.41) is 0. The van der Waals surface area contributed by atoms with E-state index in [0.29, 0.717) is 13.0 Å². The van der Waals surface area contributed by atoms with Crippen molar-refractivity contribution in [3.8, 4) is 0 Å². The van der Waals surface area contributed by atoms with Crippen LogP contribution in [0.1, 0.15) is 42.4 Å². The number of carbonyl (C=O) groups is 1. The largest absolute Gasteiger partial charge is 2.00 e. The molecule has 0 aromatic carbocycles. The summed E-state index contributed by atoms with van der Waals surface area (Å²) < 4.78 is 4.75. The summed E-state index contributed by atoms with van der Waals surface area (Å²) in [4.78, 5) is 32.4. The molecule has 0 aliphatic carbocycles. The van der Waals surface area contributed by atoms with E-state index in [1.165, 1.54) is 0 Å². The summed E-state index contributed by atoms with van der Waals surface area (Å²) in [7, 11) is -2.62. The molecule has 0 spiro atoms. The fourth-order valence-corrected chi connectivity index (χ4v) is 0.752. The molecule has 0 aromatic rings. The van der Waals surface area contributed by atoms with E-state index in [4.69, 9.17) is 19.4 Å². The van der Waals surface area contributed by atoms with Crippen LogP contribution in [0, 0.1) is 0 Å². The molecule has 5 nitrogen and oxygen atoms in total. The Labute approximate surface area is 135 Å². The van der Waals surface area contributed by atoms with E-state index >= 15 is 0 Å². The summed E-state index contributed by atoms with van der Waals surface area (Å²) in [5.41, 5.74) is 0. The number of ether oxygens (including phenoxy) is 1. The third-order valence-electron chi connectivity index (χ3n) is 1.29. The van der Waals surface area contributed by atoms with Crippen molar-refractivity contribution in [2.45, 2.75) is 39.5 Å². The first-order chi connectivity index (χ1) is 6.54. The van der Waals surface area contributed by atoms with Crippen molar-refractivity contribution < 1.29 is 27.1 Å². The van der Waals surface area contributed by atoms with E-state index in [1.807, 2.05) is 6.92 Å². The number of hydrogen-bond acceptors (Lipinski definition) is 5. The first-order valence-corrected chi connectivity index (χ1v) is 5.76. The van der Waals surface area contributed by atoms with Gasteiger partial charge < -0.3 is 22.3 Å². The smallest absolute Gasteiger partial charge is 1.00 e. The van der Waals surface area contributed by atoms with Crippen molar-refractivity contribution in [1.29, 1.82) is 0 Å². The van der Waals surface area contributed by atoms with Gasteiger partial charge in [0.05, 0.1) is 6.61 Å². The van der Waals surface area contributed by atoms with E-state index in [0.717, 1.165) is 19.3 Å². The summed E-state index contributed by atoms with van der Waals surface area (Å²) in [6, 6.07) is 0. The Morgan fingerprint density at radius 2 is 1.73 bits per heavy atom. The summed E-state index contributed by atoms with van der Waals surface area (Å²) >= 11 is 0. The number of rotatable bonds is 5. The Morgan fingerprint density at radius 1 is 1.27 bits per heavy atom. The molecule has 0 unspecified atom stereocenters. The quantitative estimate of drug-likeness (QED) is 0.295. The van der Waals surface area contributed by atoms with Crippen molar-refractivity contribution in [3.05, 3.63) is 0 Å². The van der Waals surface area contributed by atoms with Gasteiger partial charge in [0.1, 0.15) is 0 Å². The Morgan fingerprint density at radius 3 is 2.07 bits per heavy atom. The van der Waals surface area contributed by atoms with Gasteiger partial charge in [-0.25, -0.2) is 0 Å². The third kappa shape index (κ3) is 31.3. The van der Waals surface area contributed by atoms with Gasteiger partial charge in [0.15, 0.2) is 0 Å². The van der Waals surface area contributed by atoms with Crippen LogP contribution in [0.4, 0.5) is 0 Å². The Bertz CT molecular complexity index is 140. The van der Waals surface area contributed by atoms with Gasteiger partial charge in [-0.15, -0.1) is 0 Å².